The van der Waals surface area contributed by atoms with Crippen LogP contribution in [0.15, 0.2) is 0 Å². The molecular weight excluding hydrogens is 516 g/mol. The van der Waals surface area contributed by atoms with E-state index in [9.17, 15) is 14.4 Å². The monoisotopic (exact) mass is 570 g/mol. The predicted octanol–water partition coefficient (Wildman–Crippen LogP) is 7.94. The minimum absolute atomic E-state index is 0.0388. The highest BCUT2D eigenvalue weighted by Gasteiger charge is 2.74. The number of carbonyl (C=O) groups is 3. The Labute approximate surface area is 253 Å². The van der Waals surface area contributed by atoms with Crippen LogP contribution in [0.2, 0.25) is 0 Å². The van der Waals surface area contributed by atoms with Gasteiger partial charge in [-0.15, -0.1) is 0 Å². The Kier molecular flexibility index (Phi) is 5.94. The molecule has 3 heteroatoms. The Morgan fingerprint density at radius 1 is 0.333 bits per heavy atom. The maximum atomic E-state index is 14.8. The van der Waals surface area contributed by atoms with Gasteiger partial charge in [0.25, 0.3) is 0 Å². The Morgan fingerprint density at radius 3 is 0.833 bits per heavy atom. The van der Waals surface area contributed by atoms with E-state index in [1.54, 1.807) is 0 Å². The number of hydrogen-bond donors (Lipinski definition) is 0. The van der Waals surface area contributed by atoms with E-state index in [0.29, 0.717) is 35.1 Å². The molecule has 0 saturated heterocycles. The quantitative estimate of drug-likeness (QED) is 0.297. The third-order valence-electron chi connectivity index (χ3n) is 17.2. The van der Waals surface area contributed by atoms with Crippen LogP contribution in [0, 0.1) is 107 Å². The molecule has 0 spiro atoms. The molecule has 0 heterocycles. The van der Waals surface area contributed by atoms with Crippen molar-refractivity contribution in [3.8, 4) is 0 Å². The summed E-state index contributed by atoms with van der Waals surface area (Å²) < 4.78 is 0. The first-order chi connectivity index (χ1) is 20.6. The van der Waals surface area contributed by atoms with Gasteiger partial charge in [-0.2, -0.15) is 0 Å². The third-order valence-corrected chi connectivity index (χ3v) is 17.2. The molecule has 0 aromatic heterocycles. The highest BCUT2D eigenvalue weighted by atomic mass is 16.1. The van der Waals surface area contributed by atoms with Gasteiger partial charge in [-0.3, -0.25) is 14.4 Å². The highest BCUT2D eigenvalue weighted by Crippen LogP contribution is 2.72. The Hall–Kier alpha value is -0.990. The lowest BCUT2D eigenvalue weighted by Gasteiger charge is -2.50. The van der Waals surface area contributed by atoms with Crippen LogP contribution in [0.4, 0.5) is 0 Å². The van der Waals surface area contributed by atoms with E-state index < -0.39 is 0 Å². The van der Waals surface area contributed by atoms with E-state index in [1.165, 1.54) is 96.3 Å². The number of Topliss-reactive ketones (excluding diaryl/α,β-unsaturated/α-hetero) is 3. The minimum atomic E-state index is 0.0388. The molecule has 10 aliphatic rings. The van der Waals surface area contributed by atoms with Crippen LogP contribution < -0.4 is 0 Å². The SMILES string of the molecule is O=C1C2CC3CCCCC3CC2C2C1C1C3CC4CCCCC4CC3C(=O)C1C1C3CC4CCCCC4CC3C(=O)C21. The first-order valence-electron chi connectivity index (χ1n) is 19.2. The molecule has 10 rings (SSSR count). The second-order valence-corrected chi connectivity index (χ2v) is 18.2. The summed E-state index contributed by atoms with van der Waals surface area (Å²) in [6, 6.07) is 0. The first-order valence-corrected chi connectivity index (χ1v) is 19.2. The van der Waals surface area contributed by atoms with Crippen LogP contribution in [0.1, 0.15) is 116 Å². The maximum absolute atomic E-state index is 14.8. The average Bonchev–Trinajstić information content (AvgIpc) is 3.58. The summed E-state index contributed by atoms with van der Waals surface area (Å²) in [6.07, 6.45) is 23.2. The Morgan fingerprint density at radius 2 is 0.571 bits per heavy atom. The largest absolute Gasteiger partial charge is 0.299 e. The summed E-state index contributed by atoms with van der Waals surface area (Å²) >= 11 is 0. The maximum Gasteiger partial charge on any atom is 0.139 e. The standard InChI is InChI=1S/C39H54O3/c40-37-28-16-22-10-4-1-7-19(22)13-25(28)31-34(37)32-27-15-21-9-3-6-12-24(21)18-30(27)39(42)36(32)33-26-14-20-8-2-5-11-23(20)17-29(26)38(41)35(31)33/h19-36H,1-18H2. The second-order valence-electron chi connectivity index (χ2n) is 18.2. The van der Waals surface area contributed by atoms with Crippen LogP contribution in [0.25, 0.3) is 0 Å². The molecule has 0 aromatic rings. The number of ketones is 3. The molecule has 0 bridgehead atoms. The summed E-state index contributed by atoms with van der Waals surface area (Å²) in [5.41, 5.74) is 0. The van der Waals surface area contributed by atoms with Gasteiger partial charge in [-0.05, 0) is 110 Å². The van der Waals surface area contributed by atoms with Gasteiger partial charge in [0, 0.05) is 35.5 Å². The molecule has 12 atom stereocenters. The summed E-state index contributed by atoms with van der Waals surface area (Å²) in [7, 11) is 0. The smallest absolute Gasteiger partial charge is 0.139 e. The zero-order chi connectivity index (χ0) is 27.9. The van der Waals surface area contributed by atoms with Crippen molar-refractivity contribution in [1.82, 2.24) is 0 Å². The van der Waals surface area contributed by atoms with Crippen molar-refractivity contribution < 1.29 is 14.4 Å². The van der Waals surface area contributed by atoms with Gasteiger partial charge in [0.1, 0.15) is 17.3 Å². The van der Waals surface area contributed by atoms with Crippen LogP contribution in [0.3, 0.4) is 0 Å². The Bertz CT molecular complexity index is 1020. The molecule has 42 heavy (non-hydrogen) atoms. The van der Waals surface area contributed by atoms with Crippen molar-refractivity contribution in [2.45, 2.75) is 116 Å². The fourth-order valence-corrected chi connectivity index (χ4v) is 15.9. The summed E-state index contributed by atoms with van der Waals surface area (Å²) in [6.45, 7) is 0. The topological polar surface area (TPSA) is 51.2 Å². The van der Waals surface area contributed by atoms with Crippen molar-refractivity contribution in [3.05, 3.63) is 0 Å². The zero-order valence-corrected chi connectivity index (χ0v) is 25.8. The molecule has 0 aromatic carbocycles. The zero-order valence-electron chi connectivity index (χ0n) is 25.8. The van der Waals surface area contributed by atoms with E-state index in [-0.39, 0.29) is 53.3 Å². The molecule has 228 valence electrons. The number of carbonyl (C=O) groups excluding carboxylic acids is 3. The van der Waals surface area contributed by atoms with E-state index in [1.807, 2.05) is 0 Å². The average molecular weight is 571 g/mol. The van der Waals surface area contributed by atoms with Crippen molar-refractivity contribution >= 4 is 17.3 Å². The first kappa shape index (κ1) is 26.2. The van der Waals surface area contributed by atoms with Gasteiger partial charge in [0.05, 0.1) is 0 Å². The van der Waals surface area contributed by atoms with Crippen molar-refractivity contribution in [1.29, 1.82) is 0 Å². The van der Waals surface area contributed by atoms with Crippen LogP contribution in [-0.2, 0) is 14.4 Å². The molecule has 0 aliphatic heterocycles. The predicted molar refractivity (Wildman–Crippen MR) is 161 cm³/mol. The molecular formula is C39H54O3. The van der Waals surface area contributed by atoms with Crippen LogP contribution in [0.5, 0.6) is 0 Å². The number of hydrogen-bond acceptors (Lipinski definition) is 3. The van der Waals surface area contributed by atoms with Crippen LogP contribution >= 0.6 is 0 Å². The molecule has 10 aliphatic carbocycles. The van der Waals surface area contributed by atoms with Gasteiger partial charge in [-0.25, -0.2) is 0 Å². The normalized spacial score (nSPS) is 59.3. The molecule has 0 N–H and O–H groups in total. The van der Waals surface area contributed by atoms with E-state index >= 15 is 0 Å². The van der Waals surface area contributed by atoms with Crippen molar-refractivity contribution in [2.75, 3.05) is 0 Å². The fraction of sp³-hybridized carbons (Fsp3) is 0.923. The fourth-order valence-electron chi connectivity index (χ4n) is 15.9. The molecule has 0 radical (unpaired) electrons. The summed E-state index contributed by atoms with van der Waals surface area (Å²) in [5.74, 6) is 9.24. The van der Waals surface area contributed by atoms with E-state index in [2.05, 4.69) is 0 Å². The number of fused-ring (bicyclic) bond motifs is 15. The van der Waals surface area contributed by atoms with Crippen LogP contribution in [-0.4, -0.2) is 17.3 Å². The molecule has 0 amide bonds. The van der Waals surface area contributed by atoms with Crippen molar-refractivity contribution in [3.63, 3.8) is 0 Å². The lowest BCUT2D eigenvalue weighted by Crippen LogP contribution is -2.50. The lowest BCUT2D eigenvalue weighted by atomic mass is 9.52. The van der Waals surface area contributed by atoms with Gasteiger partial charge >= 0.3 is 0 Å². The molecule has 10 saturated carbocycles. The summed E-state index contributed by atoms with van der Waals surface area (Å²) in [4.78, 5) is 44.5. The highest BCUT2D eigenvalue weighted by molar-refractivity contribution is 5.96. The van der Waals surface area contributed by atoms with E-state index in [0.717, 1.165) is 54.8 Å². The minimum Gasteiger partial charge on any atom is -0.299 e. The van der Waals surface area contributed by atoms with E-state index in [4.69, 9.17) is 0 Å². The third kappa shape index (κ3) is 3.44. The molecule has 3 nitrogen and oxygen atoms in total. The molecule has 10 fully saturated rings. The van der Waals surface area contributed by atoms with Gasteiger partial charge in [0.2, 0.25) is 0 Å². The molecule has 12 unspecified atom stereocenters. The second kappa shape index (κ2) is 9.51. The van der Waals surface area contributed by atoms with Gasteiger partial charge < -0.3 is 0 Å². The van der Waals surface area contributed by atoms with Crippen molar-refractivity contribution in [2.24, 2.45) is 107 Å². The van der Waals surface area contributed by atoms with Gasteiger partial charge in [-0.1, -0.05) is 77.0 Å². The lowest BCUT2D eigenvalue weighted by molar-refractivity contribution is -0.138. The Balaban J connectivity index is 1.08. The summed E-state index contributed by atoms with van der Waals surface area (Å²) in [5, 5.41) is 0. The van der Waals surface area contributed by atoms with Gasteiger partial charge in [0.15, 0.2) is 0 Å². The number of rotatable bonds is 0.